The lowest BCUT2D eigenvalue weighted by Crippen LogP contribution is -2.23. The number of hydrogen-bond acceptors (Lipinski definition) is 6. The summed E-state index contributed by atoms with van der Waals surface area (Å²) in [5, 5.41) is 6.83. The van der Waals surface area contributed by atoms with Crippen molar-refractivity contribution in [2.24, 2.45) is 11.8 Å². The van der Waals surface area contributed by atoms with Crippen LogP contribution >= 0.6 is 11.6 Å². The number of nitrogens with one attached hydrogen (secondary N) is 1. The molecule has 1 aliphatic heterocycles. The Bertz CT molecular complexity index is 1630. The molecule has 3 aromatic heterocycles. The van der Waals surface area contributed by atoms with E-state index in [1.54, 1.807) is 10.9 Å². The second-order valence-corrected chi connectivity index (χ2v) is 10.9. The topological polar surface area (TPSA) is 88.8 Å². The molecule has 0 radical (unpaired) electrons. The van der Waals surface area contributed by atoms with Gasteiger partial charge in [0, 0.05) is 36.1 Å². The molecule has 1 saturated heterocycles. The molecular weight excluding hydrogens is 543 g/mol. The van der Waals surface area contributed by atoms with Crippen molar-refractivity contribution in [3.63, 3.8) is 0 Å². The van der Waals surface area contributed by atoms with E-state index in [-0.39, 0.29) is 22.5 Å². The third kappa shape index (κ3) is 4.38. The van der Waals surface area contributed by atoms with E-state index in [0.717, 1.165) is 73.2 Å². The summed E-state index contributed by atoms with van der Waals surface area (Å²) in [7, 11) is 0. The first-order valence-electron chi connectivity index (χ1n) is 13.0. The fourth-order valence-electron chi connectivity index (χ4n) is 5.84. The Balaban J connectivity index is 1.08. The monoisotopic (exact) mass is 565 g/mol. The molecule has 40 heavy (non-hydrogen) atoms. The summed E-state index contributed by atoms with van der Waals surface area (Å²) in [5.74, 6) is 1.02. The number of halogens is 4. The van der Waals surface area contributed by atoms with Gasteiger partial charge in [0.25, 0.3) is 12.3 Å². The molecule has 0 spiro atoms. The summed E-state index contributed by atoms with van der Waals surface area (Å²) in [5.41, 5.74) is 1.14. The van der Waals surface area contributed by atoms with Gasteiger partial charge in [-0.15, -0.1) is 0 Å². The number of anilines is 2. The van der Waals surface area contributed by atoms with Crippen molar-refractivity contribution in [3.05, 3.63) is 82.4 Å². The number of carbonyl (C=O) groups is 1. The molecule has 1 amide bonds. The lowest BCUT2D eigenvalue weighted by molar-refractivity contribution is 0.102. The molecular formula is C28H23ClF3N7O. The van der Waals surface area contributed by atoms with Crippen LogP contribution in [0.5, 0.6) is 0 Å². The minimum absolute atomic E-state index is 0.00382. The first-order valence-corrected chi connectivity index (χ1v) is 13.4. The van der Waals surface area contributed by atoms with Gasteiger partial charge in [-0.1, -0.05) is 23.7 Å². The number of aromatic nitrogens is 5. The quantitative estimate of drug-likeness (QED) is 0.322. The van der Waals surface area contributed by atoms with Gasteiger partial charge in [-0.25, -0.2) is 23.1 Å². The minimum Gasteiger partial charge on any atom is -0.356 e. The molecule has 3 atom stereocenters. The molecule has 3 unspecified atom stereocenters. The van der Waals surface area contributed by atoms with Gasteiger partial charge < -0.3 is 10.2 Å². The first kappa shape index (κ1) is 25.0. The highest BCUT2D eigenvalue weighted by Crippen LogP contribution is 2.46. The van der Waals surface area contributed by atoms with Crippen LogP contribution < -0.4 is 10.2 Å². The number of aryl methyl sites for hydroxylation is 1. The maximum Gasteiger partial charge on any atom is 0.275 e. The Labute approximate surface area is 232 Å². The standard InChI is InChI=1S/C28H23ClF3N7O/c29-19-3-1-18(27(31)32)25(26(19)30)21-9-33-10-22(36-21)28(40)35-16-8-34-39(13-16)23-5-4-20-17(23)2-6-24(37-20)38-11-14-7-15(14)12-38/h1-3,6,8-10,13-15,23,27H,4-5,7,11-12H2,(H,35,40). The summed E-state index contributed by atoms with van der Waals surface area (Å²) in [6.07, 6.45) is 5.60. The average Bonchev–Trinajstić information content (AvgIpc) is 3.31. The molecule has 204 valence electrons. The number of fused-ring (bicyclic) bond motifs is 2. The number of pyridine rings is 1. The molecule has 3 aliphatic rings. The van der Waals surface area contributed by atoms with Crippen LogP contribution in [0, 0.1) is 17.7 Å². The first-order chi connectivity index (χ1) is 19.4. The van der Waals surface area contributed by atoms with Gasteiger partial charge in [-0.2, -0.15) is 5.10 Å². The van der Waals surface area contributed by atoms with Crippen molar-refractivity contribution in [2.45, 2.75) is 31.7 Å². The van der Waals surface area contributed by atoms with Crippen molar-refractivity contribution in [1.82, 2.24) is 24.7 Å². The van der Waals surface area contributed by atoms with Gasteiger partial charge in [-0.3, -0.25) is 14.5 Å². The molecule has 1 aromatic carbocycles. The smallest absolute Gasteiger partial charge is 0.275 e. The number of nitrogens with zero attached hydrogens (tertiary/aromatic N) is 6. The molecule has 7 rings (SSSR count). The highest BCUT2D eigenvalue weighted by Gasteiger charge is 2.45. The summed E-state index contributed by atoms with van der Waals surface area (Å²) < 4.78 is 43.6. The lowest BCUT2D eigenvalue weighted by atomic mass is 10.0. The number of amides is 1. The van der Waals surface area contributed by atoms with E-state index < -0.39 is 29.3 Å². The lowest BCUT2D eigenvalue weighted by Gasteiger charge is -2.20. The highest BCUT2D eigenvalue weighted by atomic mass is 35.5. The van der Waals surface area contributed by atoms with Crippen molar-refractivity contribution in [2.75, 3.05) is 23.3 Å². The number of alkyl halides is 2. The van der Waals surface area contributed by atoms with Crippen molar-refractivity contribution in [1.29, 1.82) is 0 Å². The van der Waals surface area contributed by atoms with E-state index in [1.165, 1.54) is 18.8 Å². The zero-order valence-corrected chi connectivity index (χ0v) is 21.8. The van der Waals surface area contributed by atoms with Crippen LogP contribution in [0.4, 0.5) is 24.7 Å². The van der Waals surface area contributed by atoms with Crippen LogP contribution in [-0.2, 0) is 6.42 Å². The van der Waals surface area contributed by atoms with Gasteiger partial charge in [0.2, 0.25) is 0 Å². The summed E-state index contributed by atoms with van der Waals surface area (Å²) in [6.45, 7) is 2.19. The maximum absolute atomic E-state index is 14.7. The molecule has 1 saturated carbocycles. The van der Waals surface area contributed by atoms with Crippen LogP contribution in [0.2, 0.25) is 5.02 Å². The molecule has 2 fully saturated rings. The van der Waals surface area contributed by atoms with E-state index in [1.807, 2.05) is 0 Å². The van der Waals surface area contributed by atoms with Crippen LogP contribution in [0.15, 0.2) is 49.1 Å². The molecule has 12 heteroatoms. The largest absolute Gasteiger partial charge is 0.356 e. The molecule has 4 heterocycles. The third-order valence-corrected chi connectivity index (χ3v) is 8.27. The fourth-order valence-corrected chi connectivity index (χ4v) is 6.00. The molecule has 1 N–H and O–H groups in total. The van der Waals surface area contributed by atoms with E-state index in [0.29, 0.717) is 5.69 Å². The summed E-state index contributed by atoms with van der Waals surface area (Å²) in [4.78, 5) is 28.3. The van der Waals surface area contributed by atoms with Crippen LogP contribution in [0.25, 0.3) is 11.3 Å². The predicted octanol–water partition coefficient (Wildman–Crippen LogP) is 5.71. The molecule has 4 aromatic rings. The zero-order valence-electron chi connectivity index (χ0n) is 21.1. The summed E-state index contributed by atoms with van der Waals surface area (Å²) >= 11 is 5.82. The number of rotatable bonds is 6. The Morgan fingerprint density at radius 2 is 1.90 bits per heavy atom. The van der Waals surface area contributed by atoms with E-state index in [4.69, 9.17) is 16.6 Å². The average molecular weight is 566 g/mol. The van der Waals surface area contributed by atoms with Crippen molar-refractivity contribution < 1.29 is 18.0 Å². The highest BCUT2D eigenvalue weighted by molar-refractivity contribution is 6.31. The van der Waals surface area contributed by atoms with E-state index in [9.17, 15) is 18.0 Å². The van der Waals surface area contributed by atoms with E-state index in [2.05, 4.69) is 37.4 Å². The SMILES string of the molecule is O=C(Nc1cnn(C2CCc3nc(N4CC5CC5C4)ccc32)c1)c1cncc(-c2c(C(F)F)ccc(Cl)c2F)n1. The third-order valence-electron chi connectivity index (χ3n) is 7.98. The fraction of sp³-hybridized carbons (Fsp3) is 0.321. The summed E-state index contributed by atoms with van der Waals surface area (Å²) in [6, 6.07) is 6.29. The molecule has 8 nitrogen and oxygen atoms in total. The van der Waals surface area contributed by atoms with Crippen LogP contribution in [-0.4, -0.2) is 43.7 Å². The van der Waals surface area contributed by atoms with Crippen molar-refractivity contribution in [3.8, 4) is 11.3 Å². The minimum atomic E-state index is -2.97. The van der Waals surface area contributed by atoms with Crippen molar-refractivity contribution >= 4 is 29.0 Å². The number of hydrogen-bond donors (Lipinski definition) is 1. The number of carbonyl (C=O) groups excluding carboxylic acids is 1. The maximum atomic E-state index is 14.7. The van der Waals surface area contributed by atoms with Gasteiger partial charge in [-0.05, 0) is 48.8 Å². The van der Waals surface area contributed by atoms with Gasteiger partial charge >= 0.3 is 0 Å². The van der Waals surface area contributed by atoms with Gasteiger partial charge in [0.1, 0.15) is 11.5 Å². The normalized spacial score (nSPS) is 21.0. The second-order valence-electron chi connectivity index (χ2n) is 10.5. The van der Waals surface area contributed by atoms with Crippen LogP contribution in [0.1, 0.15) is 52.6 Å². The number of benzene rings is 1. The molecule has 0 bridgehead atoms. The van der Waals surface area contributed by atoms with Gasteiger partial charge in [0.15, 0.2) is 5.82 Å². The Hall–Kier alpha value is -3.99. The Kier molecular flexibility index (Phi) is 5.99. The number of piperidine rings is 1. The second kappa shape index (κ2) is 9.58. The zero-order chi connectivity index (χ0) is 27.5. The Morgan fingerprint density at radius 3 is 2.70 bits per heavy atom. The van der Waals surface area contributed by atoms with Crippen LogP contribution in [0.3, 0.4) is 0 Å². The van der Waals surface area contributed by atoms with Gasteiger partial charge in [0.05, 0.1) is 41.0 Å². The Morgan fingerprint density at radius 1 is 1.07 bits per heavy atom. The molecule has 2 aliphatic carbocycles. The predicted molar refractivity (Wildman–Crippen MR) is 142 cm³/mol. The van der Waals surface area contributed by atoms with E-state index >= 15 is 0 Å².